The Labute approximate surface area is 150 Å². The number of aromatic nitrogens is 4. The van der Waals surface area contributed by atoms with Gasteiger partial charge in [-0.3, -0.25) is 5.10 Å². The summed E-state index contributed by atoms with van der Waals surface area (Å²) in [5.74, 6) is 2.09. The van der Waals surface area contributed by atoms with Gasteiger partial charge in [-0.1, -0.05) is 17.7 Å². The predicted octanol–water partition coefficient (Wildman–Crippen LogP) is 5.03. The third kappa shape index (κ3) is 3.19. The summed E-state index contributed by atoms with van der Waals surface area (Å²) in [7, 11) is 0. The normalized spacial score (nSPS) is 11.0. The Morgan fingerprint density at radius 2 is 1.76 bits per heavy atom. The number of rotatable bonds is 3. The number of hydrogen-bond acceptors (Lipinski definition) is 4. The van der Waals surface area contributed by atoms with Gasteiger partial charge in [-0.05, 0) is 55.8 Å². The van der Waals surface area contributed by atoms with E-state index in [-0.39, 0.29) is 0 Å². The zero-order valence-corrected chi connectivity index (χ0v) is 14.6. The minimum absolute atomic E-state index is 0.643. The average Bonchev–Trinajstić information content (AvgIpc) is 3.00. The summed E-state index contributed by atoms with van der Waals surface area (Å²) in [6.45, 7) is 4.01. The van der Waals surface area contributed by atoms with Crippen LogP contribution in [0.2, 0.25) is 5.02 Å². The van der Waals surface area contributed by atoms with Gasteiger partial charge in [0.2, 0.25) is 0 Å². The number of fused-ring (bicyclic) bond motifs is 1. The number of nitrogens with one attached hydrogen (secondary N) is 2. The van der Waals surface area contributed by atoms with Crippen LogP contribution in [0.5, 0.6) is 0 Å². The molecule has 0 aliphatic carbocycles. The molecule has 0 atom stereocenters. The van der Waals surface area contributed by atoms with Crippen LogP contribution < -0.4 is 5.32 Å². The first-order chi connectivity index (χ1) is 12.1. The van der Waals surface area contributed by atoms with Gasteiger partial charge in [0.25, 0.3) is 0 Å². The lowest BCUT2D eigenvalue weighted by molar-refractivity contribution is 1.05. The molecule has 0 spiro atoms. The highest BCUT2D eigenvalue weighted by molar-refractivity contribution is 6.30. The molecule has 4 rings (SSSR count). The molecule has 4 aromatic rings. The van der Waals surface area contributed by atoms with E-state index in [4.69, 9.17) is 21.6 Å². The third-order valence-electron chi connectivity index (χ3n) is 3.91. The number of hydrogen-bond donors (Lipinski definition) is 2. The molecule has 2 heterocycles. The molecular formula is C19H16ClN5. The smallest absolute Gasteiger partial charge is 0.162 e. The Balaban J connectivity index is 1.88. The number of halogens is 1. The summed E-state index contributed by atoms with van der Waals surface area (Å²) in [5.41, 5.74) is 3.92. The molecule has 0 saturated carbocycles. The zero-order valence-electron chi connectivity index (χ0n) is 13.8. The Morgan fingerprint density at radius 3 is 2.48 bits per heavy atom. The topological polar surface area (TPSA) is 66.5 Å². The molecule has 2 aromatic carbocycles. The molecule has 0 radical (unpaired) electrons. The van der Waals surface area contributed by atoms with E-state index >= 15 is 0 Å². The Kier molecular flexibility index (Phi) is 3.86. The highest BCUT2D eigenvalue weighted by atomic mass is 35.5. The summed E-state index contributed by atoms with van der Waals surface area (Å²) in [6.07, 6.45) is 0. The zero-order chi connectivity index (χ0) is 17.4. The molecule has 124 valence electrons. The van der Waals surface area contributed by atoms with Gasteiger partial charge in [0.15, 0.2) is 11.6 Å². The molecular weight excluding hydrogens is 334 g/mol. The molecule has 2 aromatic heterocycles. The molecule has 5 nitrogen and oxygen atoms in total. The number of aromatic amines is 1. The van der Waals surface area contributed by atoms with E-state index in [0.717, 1.165) is 39.4 Å². The summed E-state index contributed by atoms with van der Waals surface area (Å²) in [6, 6.07) is 15.6. The van der Waals surface area contributed by atoms with Crippen LogP contribution in [0.25, 0.3) is 22.3 Å². The van der Waals surface area contributed by atoms with Crippen LogP contribution in [0.15, 0.2) is 48.5 Å². The maximum absolute atomic E-state index is 5.99. The highest BCUT2D eigenvalue weighted by Gasteiger charge is 2.11. The van der Waals surface area contributed by atoms with E-state index in [0.29, 0.717) is 10.8 Å². The second-order valence-electron chi connectivity index (χ2n) is 5.98. The SMILES string of the molecule is Cc1ccc2c(Nc3cc(C)[nH]n3)nc(-c3ccc(Cl)cc3)nc2c1. The lowest BCUT2D eigenvalue weighted by Crippen LogP contribution is -2.00. The van der Waals surface area contributed by atoms with Crippen molar-refractivity contribution in [1.82, 2.24) is 20.2 Å². The van der Waals surface area contributed by atoms with E-state index in [1.807, 2.05) is 50.2 Å². The van der Waals surface area contributed by atoms with Gasteiger partial charge < -0.3 is 5.32 Å². The molecule has 2 N–H and O–H groups in total. The minimum atomic E-state index is 0.643. The van der Waals surface area contributed by atoms with Crippen LogP contribution in [0.3, 0.4) is 0 Å². The lowest BCUT2D eigenvalue weighted by atomic mass is 10.1. The van der Waals surface area contributed by atoms with E-state index in [1.54, 1.807) is 0 Å². The van der Waals surface area contributed by atoms with Crippen LogP contribution in [0.4, 0.5) is 11.6 Å². The molecule has 0 unspecified atom stereocenters. The summed E-state index contributed by atoms with van der Waals surface area (Å²) in [5, 5.41) is 12.1. The molecule has 6 heteroatoms. The fourth-order valence-electron chi connectivity index (χ4n) is 2.67. The first-order valence-electron chi connectivity index (χ1n) is 7.92. The van der Waals surface area contributed by atoms with Crippen molar-refractivity contribution in [3.05, 3.63) is 64.8 Å². The standard InChI is InChI=1S/C19H16ClN5/c1-11-3-8-15-16(9-11)21-18(13-4-6-14(20)7-5-13)23-19(15)22-17-10-12(2)24-25-17/h3-10H,1-2H3,(H2,21,22,23,24,25). The van der Waals surface area contributed by atoms with E-state index < -0.39 is 0 Å². The van der Waals surface area contributed by atoms with Gasteiger partial charge in [0.05, 0.1) is 5.52 Å². The van der Waals surface area contributed by atoms with Crippen molar-refractivity contribution in [2.24, 2.45) is 0 Å². The fraction of sp³-hybridized carbons (Fsp3) is 0.105. The van der Waals surface area contributed by atoms with Gasteiger partial charge in [-0.25, -0.2) is 9.97 Å². The van der Waals surface area contributed by atoms with Gasteiger partial charge >= 0.3 is 0 Å². The molecule has 25 heavy (non-hydrogen) atoms. The van der Waals surface area contributed by atoms with Crippen molar-refractivity contribution in [1.29, 1.82) is 0 Å². The van der Waals surface area contributed by atoms with Crippen LogP contribution in [0.1, 0.15) is 11.3 Å². The summed E-state index contributed by atoms with van der Waals surface area (Å²) >= 11 is 5.99. The molecule has 0 aliphatic rings. The fourth-order valence-corrected chi connectivity index (χ4v) is 2.79. The van der Waals surface area contributed by atoms with Crippen LogP contribution in [0, 0.1) is 13.8 Å². The lowest BCUT2D eigenvalue weighted by Gasteiger charge is -2.10. The van der Waals surface area contributed by atoms with E-state index in [9.17, 15) is 0 Å². The van der Waals surface area contributed by atoms with Crippen LogP contribution in [-0.4, -0.2) is 20.2 Å². The first-order valence-corrected chi connectivity index (χ1v) is 8.30. The Hall–Kier alpha value is -2.92. The second-order valence-corrected chi connectivity index (χ2v) is 6.42. The molecule has 0 saturated heterocycles. The molecule has 0 bridgehead atoms. The quantitative estimate of drug-likeness (QED) is 0.544. The molecule has 0 aliphatic heterocycles. The van der Waals surface area contributed by atoms with Crippen molar-refractivity contribution >= 4 is 34.1 Å². The predicted molar refractivity (Wildman–Crippen MR) is 101 cm³/mol. The minimum Gasteiger partial charge on any atom is -0.323 e. The molecule has 0 amide bonds. The van der Waals surface area contributed by atoms with Crippen LogP contribution in [-0.2, 0) is 0 Å². The Morgan fingerprint density at radius 1 is 0.960 bits per heavy atom. The first kappa shape index (κ1) is 15.6. The van der Waals surface area contributed by atoms with Gasteiger partial charge in [-0.2, -0.15) is 5.10 Å². The number of aryl methyl sites for hydroxylation is 2. The number of anilines is 2. The van der Waals surface area contributed by atoms with Crippen molar-refractivity contribution in [2.45, 2.75) is 13.8 Å². The van der Waals surface area contributed by atoms with Crippen molar-refractivity contribution in [3.63, 3.8) is 0 Å². The van der Waals surface area contributed by atoms with Crippen molar-refractivity contribution in [3.8, 4) is 11.4 Å². The number of benzene rings is 2. The number of nitrogens with zero attached hydrogens (tertiary/aromatic N) is 3. The van der Waals surface area contributed by atoms with Gasteiger partial charge in [0.1, 0.15) is 5.82 Å². The third-order valence-corrected chi connectivity index (χ3v) is 4.16. The monoisotopic (exact) mass is 349 g/mol. The summed E-state index contributed by atoms with van der Waals surface area (Å²) < 4.78 is 0. The maximum atomic E-state index is 5.99. The Bertz CT molecular complexity index is 1050. The average molecular weight is 350 g/mol. The maximum Gasteiger partial charge on any atom is 0.162 e. The van der Waals surface area contributed by atoms with Crippen LogP contribution >= 0.6 is 11.6 Å². The second kappa shape index (κ2) is 6.18. The van der Waals surface area contributed by atoms with Gasteiger partial charge in [-0.15, -0.1) is 0 Å². The largest absolute Gasteiger partial charge is 0.323 e. The van der Waals surface area contributed by atoms with E-state index in [2.05, 4.69) is 27.6 Å². The van der Waals surface area contributed by atoms with Gasteiger partial charge in [0, 0.05) is 27.7 Å². The van der Waals surface area contributed by atoms with E-state index in [1.165, 1.54) is 0 Å². The van der Waals surface area contributed by atoms with Crippen molar-refractivity contribution in [2.75, 3.05) is 5.32 Å². The highest BCUT2D eigenvalue weighted by Crippen LogP contribution is 2.28. The molecule has 0 fully saturated rings. The number of H-pyrrole nitrogens is 1. The summed E-state index contributed by atoms with van der Waals surface area (Å²) in [4.78, 5) is 9.44. The van der Waals surface area contributed by atoms with Crippen molar-refractivity contribution < 1.29 is 0 Å².